The van der Waals surface area contributed by atoms with Gasteiger partial charge in [0.25, 0.3) is 5.91 Å². The fourth-order valence-corrected chi connectivity index (χ4v) is 3.29. The molecule has 3 aromatic rings. The number of rotatable bonds is 4. The molecule has 2 aromatic carbocycles. The van der Waals surface area contributed by atoms with E-state index in [9.17, 15) is 22.8 Å². The van der Waals surface area contributed by atoms with Crippen molar-refractivity contribution < 1.29 is 27.2 Å². The van der Waals surface area contributed by atoms with E-state index in [2.05, 4.69) is 5.10 Å². The van der Waals surface area contributed by atoms with Crippen LogP contribution in [-0.4, -0.2) is 17.4 Å². The Labute approximate surface area is 181 Å². The molecule has 0 bridgehead atoms. The number of hydrazone groups is 1. The normalized spacial score (nSPS) is 15.4. The zero-order valence-electron chi connectivity index (χ0n) is 17.1. The van der Waals surface area contributed by atoms with Gasteiger partial charge in [-0.25, -0.2) is 0 Å². The number of alkyl halides is 3. The van der Waals surface area contributed by atoms with Crippen molar-refractivity contribution in [3.63, 3.8) is 0 Å². The van der Waals surface area contributed by atoms with E-state index in [1.165, 1.54) is 25.1 Å². The number of anilines is 1. The fraction of sp³-hybridized carbons (Fsp3) is 0.125. The first-order valence-electron chi connectivity index (χ1n) is 9.64. The Bertz CT molecular complexity index is 1290. The average Bonchev–Trinajstić information content (AvgIpc) is 3.34. The number of amides is 1. The molecule has 2 heterocycles. The Hall–Kier alpha value is -3.94. The molecule has 1 aromatic heterocycles. The Morgan fingerprint density at radius 3 is 2.53 bits per heavy atom. The monoisotopic (exact) mass is 438 g/mol. The maximum Gasteiger partial charge on any atom is 0.416 e. The van der Waals surface area contributed by atoms with Crippen molar-refractivity contribution in [2.45, 2.75) is 20.0 Å². The second-order valence-electron chi connectivity index (χ2n) is 7.25. The lowest BCUT2D eigenvalue weighted by Crippen LogP contribution is -2.21. The van der Waals surface area contributed by atoms with Crippen molar-refractivity contribution in [1.82, 2.24) is 0 Å². The largest absolute Gasteiger partial charge is 0.457 e. The lowest BCUT2D eigenvalue weighted by atomic mass is 10.1. The first-order valence-corrected chi connectivity index (χ1v) is 9.64. The number of hydrogen-bond acceptors (Lipinski definition) is 4. The number of benzene rings is 2. The summed E-state index contributed by atoms with van der Waals surface area (Å²) in [5, 5.41) is 5.06. The van der Waals surface area contributed by atoms with Crippen LogP contribution in [-0.2, 0) is 11.0 Å². The van der Waals surface area contributed by atoms with Crippen molar-refractivity contribution in [3.05, 3.63) is 83.1 Å². The third kappa shape index (κ3) is 4.12. The van der Waals surface area contributed by atoms with Crippen LogP contribution in [0.4, 0.5) is 18.9 Å². The highest BCUT2D eigenvalue weighted by Crippen LogP contribution is 2.33. The third-order valence-electron chi connectivity index (χ3n) is 4.95. The van der Waals surface area contributed by atoms with Crippen LogP contribution in [0.15, 0.2) is 75.8 Å². The Morgan fingerprint density at radius 1 is 1.06 bits per heavy atom. The average molecular weight is 438 g/mol. The van der Waals surface area contributed by atoms with E-state index in [4.69, 9.17) is 4.42 Å². The van der Waals surface area contributed by atoms with Crippen LogP contribution in [0.5, 0.6) is 0 Å². The van der Waals surface area contributed by atoms with Gasteiger partial charge in [-0.3, -0.25) is 9.59 Å². The molecule has 162 valence electrons. The summed E-state index contributed by atoms with van der Waals surface area (Å²) in [5.41, 5.74) is 0.968. The summed E-state index contributed by atoms with van der Waals surface area (Å²) in [4.78, 5) is 24.5. The third-order valence-corrected chi connectivity index (χ3v) is 4.95. The van der Waals surface area contributed by atoms with Gasteiger partial charge in [0.15, 0.2) is 5.78 Å². The van der Waals surface area contributed by atoms with Crippen LogP contribution in [0.1, 0.15) is 35.5 Å². The van der Waals surface area contributed by atoms with E-state index in [1.807, 2.05) is 0 Å². The number of halogens is 3. The molecule has 1 aliphatic heterocycles. The number of carbonyl (C=O) groups is 2. The van der Waals surface area contributed by atoms with Gasteiger partial charge in [-0.2, -0.15) is 23.3 Å². The number of nitrogens with zero attached hydrogens (tertiary/aromatic N) is 2. The smallest absolute Gasteiger partial charge is 0.416 e. The van der Waals surface area contributed by atoms with Gasteiger partial charge < -0.3 is 4.42 Å². The summed E-state index contributed by atoms with van der Waals surface area (Å²) in [6, 6.07) is 14.8. The summed E-state index contributed by atoms with van der Waals surface area (Å²) in [5.74, 6) is 0.254. The van der Waals surface area contributed by atoms with Gasteiger partial charge in [0, 0.05) is 11.1 Å². The van der Waals surface area contributed by atoms with Crippen LogP contribution in [0.25, 0.3) is 17.4 Å². The minimum atomic E-state index is -4.53. The summed E-state index contributed by atoms with van der Waals surface area (Å²) in [7, 11) is 0. The van der Waals surface area contributed by atoms with Gasteiger partial charge in [-0.1, -0.05) is 24.3 Å². The molecular weight excluding hydrogens is 421 g/mol. The molecule has 4 rings (SSSR count). The summed E-state index contributed by atoms with van der Waals surface area (Å²) < 4.78 is 44.9. The molecule has 0 spiro atoms. The Morgan fingerprint density at radius 2 is 1.81 bits per heavy atom. The molecule has 0 aliphatic carbocycles. The summed E-state index contributed by atoms with van der Waals surface area (Å²) in [6.45, 7) is 3.07. The van der Waals surface area contributed by atoms with Crippen LogP contribution >= 0.6 is 0 Å². The fourth-order valence-electron chi connectivity index (χ4n) is 3.29. The van der Waals surface area contributed by atoms with Crippen molar-refractivity contribution in [2.24, 2.45) is 5.10 Å². The predicted molar refractivity (Wildman–Crippen MR) is 114 cm³/mol. The van der Waals surface area contributed by atoms with Gasteiger partial charge in [0.05, 0.1) is 22.5 Å². The van der Waals surface area contributed by atoms with Crippen LogP contribution < -0.4 is 5.01 Å². The summed E-state index contributed by atoms with van der Waals surface area (Å²) >= 11 is 0. The lowest BCUT2D eigenvalue weighted by Gasteiger charge is -2.14. The number of furan rings is 1. The van der Waals surface area contributed by atoms with Crippen molar-refractivity contribution in [2.75, 3.05) is 5.01 Å². The second kappa shape index (κ2) is 7.96. The quantitative estimate of drug-likeness (QED) is 0.372. The highest BCUT2D eigenvalue weighted by molar-refractivity contribution is 6.32. The van der Waals surface area contributed by atoms with Crippen molar-refractivity contribution in [3.8, 4) is 11.3 Å². The number of ketones is 1. The zero-order chi connectivity index (χ0) is 23.0. The minimum Gasteiger partial charge on any atom is -0.457 e. The maximum atomic E-state index is 13.0. The maximum absolute atomic E-state index is 13.0. The highest BCUT2D eigenvalue weighted by Gasteiger charge is 2.33. The van der Waals surface area contributed by atoms with Crippen molar-refractivity contribution >= 4 is 29.2 Å². The van der Waals surface area contributed by atoms with Gasteiger partial charge in [0.2, 0.25) is 0 Å². The van der Waals surface area contributed by atoms with E-state index in [1.54, 1.807) is 43.3 Å². The van der Waals surface area contributed by atoms with Crippen LogP contribution in [0.2, 0.25) is 0 Å². The van der Waals surface area contributed by atoms with E-state index in [0.717, 1.165) is 17.1 Å². The first-order chi connectivity index (χ1) is 15.1. The number of carbonyl (C=O) groups excluding carboxylic acids is 2. The second-order valence-corrected chi connectivity index (χ2v) is 7.25. The van der Waals surface area contributed by atoms with Gasteiger partial charge in [-0.05, 0) is 56.3 Å². The van der Waals surface area contributed by atoms with E-state index >= 15 is 0 Å². The molecule has 0 fully saturated rings. The molecule has 0 saturated carbocycles. The number of Topliss-reactive ketones (excluding diaryl/α,β-unsaturated/α-hetero) is 1. The molecule has 8 heteroatoms. The van der Waals surface area contributed by atoms with Crippen LogP contribution in [0.3, 0.4) is 0 Å². The van der Waals surface area contributed by atoms with Gasteiger partial charge in [0.1, 0.15) is 11.5 Å². The molecule has 0 saturated heterocycles. The molecule has 32 heavy (non-hydrogen) atoms. The topological polar surface area (TPSA) is 62.9 Å². The first kappa shape index (κ1) is 21.3. The Kier molecular flexibility index (Phi) is 5.30. The molecule has 5 nitrogen and oxygen atoms in total. The van der Waals surface area contributed by atoms with Gasteiger partial charge in [-0.15, -0.1) is 0 Å². The molecular formula is C24H17F3N2O3. The predicted octanol–water partition coefficient (Wildman–Crippen LogP) is 5.97. The standard InChI is InChI=1S/C24H17F3N2O3/c1-14-21(23(31)29(28-14)19-8-4-7-18(12-19)24(25,26)27)13-20-9-10-22(32-20)17-6-3-5-16(11-17)15(2)30/h3-13H,1-2H3. The summed E-state index contributed by atoms with van der Waals surface area (Å²) in [6.07, 6.45) is -3.03. The molecule has 0 unspecified atom stereocenters. The molecule has 0 radical (unpaired) electrons. The molecule has 0 N–H and O–H groups in total. The van der Waals surface area contributed by atoms with E-state index < -0.39 is 17.6 Å². The Balaban J connectivity index is 1.62. The number of hydrogen-bond donors (Lipinski definition) is 0. The zero-order valence-corrected chi connectivity index (χ0v) is 17.1. The SMILES string of the molecule is CC(=O)c1cccc(-c2ccc(C=C3C(=O)N(c4cccc(C(F)(F)F)c4)N=C3C)o2)c1. The lowest BCUT2D eigenvalue weighted by molar-refractivity contribution is -0.137. The highest BCUT2D eigenvalue weighted by atomic mass is 19.4. The molecule has 1 amide bonds. The van der Waals surface area contributed by atoms with Crippen molar-refractivity contribution in [1.29, 1.82) is 0 Å². The van der Waals surface area contributed by atoms with E-state index in [-0.39, 0.29) is 17.0 Å². The van der Waals surface area contributed by atoms with Crippen LogP contribution in [0, 0.1) is 0 Å². The molecule has 0 atom stereocenters. The minimum absolute atomic E-state index is 0.0220. The van der Waals surface area contributed by atoms with E-state index in [0.29, 0.717) is 28.4 Å². The van der Waals surface area contributed by atoms with Gasteiger partial charge >= 0.3 is 6.18 Å². The molecule has 1 aliphatic rings.